The van der Waals surface area contributed by atoms with Gasteiger partial charge in [-0.2, -0.15) is 0 Å². The second kappa shape index (κ2) is 8.87. The minimum Gasteiger partial charge on any atom is -0.364 e. The summed E-state index contributed by atoms with van der Waals surface area (Å²) in [5.41, 5.74) is 1.33. The van der Waals surface area contributed by atoms with Gasteiger partial charge in [-0.25, -0.2) is 9.61 Å². The van der Waals surface area contributed by atoms with Crippen molar-refractivity contribution in [1.82, 2.24) is 15.3 Å². The van der Waals surface area contributed by atoms with E-state index in [-0.39, 0.29) is 11.2 Å². The highest BCUT2D eigenvalue weighted by atomic mass is 32.1. The van der Waals surface area contributed by atoms with Crippen LogP contribution in [0.1, 0.15) is 24.6 Å². The Bertz CT molecular complexity index is 1130. The van der Waals surface area contributed by atoms with Crippen molar-refractivity contribution in [3.63, 3.8) is 0 Å². The Morgan fingerprint density at radius 2 is 2.10 bits per heavy atom. The Hall–Kier alpha value is -3.53. The summed E-state index contributed by atoms with van der Waals surface area (Å²) in [5.74, 6) is 0.501. The van der Waals surface area contributed by atoms with Crippen molar-refractivity contribution in [2.24, 2.45) is 0 Å². The summed E-state index contributed by atoms with van der Waals surface area (Å²) in [6.07, 6.45) is 3.61. The number of nitrogens with one attached hydrogen (secondary N) is 1. The first-order chi connectivity index (χ1) is 14.7. The van der Waals surface area contributed by atoms with Gasteiger partial charge in [0.15, 0.2) is 5.52 Å². The monoisotopic (exact) mass is 424 g/mol. The summed E-state index contributed by atoms with van der Waals surface area (Å²) in [7, 11) is 0. The lowest BCUT2D eigenvalue weighted by Gasteiger charge is -2.25. The van der Waals surface area contributed by atoms with Crippen LogP contribution < -0.4 is 10.2 Å². The largest absolute Gasteiger partial charge is 0.364 e. The molecule has 10 heteroatoms. The zero-order valence-electron chi connectivity index (χ0n) is 16.3. The number of pyridine rings is 1. The summed E-state index contributed by atoms with van der Waals surface area (Å²) < 4.78 is 4.92. The first-order valence-electron chi connectivity index (χ1n) is 9.56. The maximum absolute atomic E-state index is 11.9. The number of fused-ring (bicyclic) bond motifs is 1. The molecule has 0 spiro atoms. The third-order valence-corrected chi connectivity index (χ3v) is 5.51. The first-order valence-corrected chi connectivity index (χ1v) is 10.4. The zero-order valence-corrected chi connectivity index (χ0v) is 17.1. The van der Waals surface area contributed by atoms with Gasteiger partial charge >= 0.3 is 5.69 Å². The Balaban J connectivity index is 1.84. The Morgan fingerprint density at radius 3 is 2.80 bits per heavy atom. The molecule has 0 fully saturated rings. The normalized spacial score (nSPS) is 11.0. The molecule has 30 heavy (non-hydrogen) atoms. The van der Waals surface area contributed by atoms with Gasteiger partial charge in [-0.15, -0.1) is 11.3 Å². The van der Waals surface area contributed by atoms with Crippen LogP contribution in [0.4, 0.5) is 22.9 Å². The maximum atomic E-state index is 11.9. The van der Waals surface area contributed by atoms with Gasteiger partial charge in [0.1, 0.15) is 11.5 Å². The fourth-order valence-corrected chi connectivity index (χ4v) is 3.95. The van der Waals surface area contributed by atoms with Crippen LogP contribution in [0.15, 0.2) is 52.6 Å². The predicted octanol–water partition coefficient (Wildman–Crippen LogP) is 5.14. The van der Waals surface area contributed by atoms with E-state index >= 15 is 0 Å². The number of nitrogens with zero attached hydrogens (tertiary/aromatic N) is 5. The van der Waals surface area contributed by atoms with E-state index < -0.39 is 4.92 Å². The molecule has 0 saturated carbocycles. The summed E-state index contributed by atoms with van der Waals surface area (Å²) in [6.45, 7) is 3.57. The van der Waals surface area contributed by atoms with E-state index in [2.05, 4.69) is 38.5 Å². The number of thiophene rings is 1. The van der Waals surface area contributed by atoms with E-state index in [4.69, 9.17) is 4.63 Å². The number of nitro groups is 1. The molecule has 3 heterocycles. The van der Waals surface area contributed by atoms with Crippen LogP contribution in [-0.2, 0) is 6.54 Å². The number of benzene rings is 1. The molecule has 0 atom stereocenters. The molecule has 0 amide bonds. The lowest BCUT2D eigenvalue weighted by molar-refractivity contribution is -0.382. The molecule has 4 rings (SSSR count). The maximum Gasteiger partial charge on any atom is 0.324 e. The van der Waals surface area contributed by atoms with Crippen LogP contribution in [0.2, 0.25) is 0 Å². The number of nitro benzene ring substituents is 1. The van der Waals surface area contributed by atoms with E-state index in [1.807, 2.05) is 17.5 Å². The van der Waals surface area contributed by atoms with Crippen molar-refractivity contribution < 1.29 is 9.55 Å². The lowest BCUT2D eigenvalue weighted by atomic mass is 10.1. The van der Waals surface area contributed by atoms with E-state index in [0.717, 1.165) is 25.1 Å². The third kappa shape index (κ3) is 4.08. The van der Waals surface area contributed by atoms with Gasteiger partial charge in [0.05, 0.1) is 17.2 Å². The van der Waals surface area contributed by atoms with Crippen LogP contribution in [0, 0.1) is 10.1 Å². The molecule has 1 aromatic carbocycles. The molecule has 1 N–H and O–H groups in total. The van der Waals surface area contributed by atoms with E-state index in [1.54, 1.807) is 35.7 Å². The molecule has 0 bridgehead atoms. The number of unbranched alkanes of at least 4 members (excludes halogenated alkanes) is 1. The molecule has 0 aliphatic rings. The summed E-state index contributed by atoms with van der Waals surface area (Å²) >= 11 is 1.67. The fourth-order valence-electron chi connectivity index (χ4n) is 3.23. The van der Waals surface area contributed by atoms with Crippen LogP contribution >= 0.6 is 11.3 Å². The molecule has 4 aromatic rings. The molecular formula is C20H20N6O3S. The zero-order chi connectivity index (χ0) is 20.9. The quantitative estimate of drug-likeness (QED) is 0.290. The van der Waals surface area contributed by atoms with Crippen molar-refractivity contribution in [2.75, 3.05) is 16.8 Å². The topological polar surface area (TPSA) is 110 Å². The van der Waals surface area contributed by atoms with Crippen LogP contribution in [-0.4, -0.2) is 26.8 Å². The summed E-state index contributed by atoms with van der Waals surface area (Å²) in [6, 6.07) is 11.2. The van der Waals surface area contributed by atoms with Crippen molar-refractivity contribution in [3.05, 3.63) is 63.0 Å². The number of anilines is 3. The predicted molar refractivity (Wildman–Crippen MR) is 116 cm³/mol. The van der Waals surface area contributed by atoms with E-state index in [1.165, 1.54) is 4.88 Å². The van der Waals surface area contributed by atoms with Crippen LogP contribution in [0.5, 0.6) is 0 Å². The van der Waals surface area contributed by atoms with Crippen molar-refractivity contribution >= 4 is 45.3 Å². The Morgan fingerprint density at radius 1 is 1.23 bits per heavy atom. The number of aromatic nitrogens is 3. The molecule has 0 aliphatic carbocycles. The van der Waals surface area contributed by atoms with Crippen LogP contribution in [0.25, 0.3) is 11.0 Å². The summed E-state index contributed by atoms with van der Waals surface area (Å²) in [5, 5.41) is 24.8. The van der Waals surface area contributed by atoms with Gasteiger partial charge in [-0.1, -0.05) is 25.5 Å². The van der Waals surface area contributed by atoms with Gasteiger partial charge in [0.2, 0.25) is 5.52 Å². The average molecular weight is 424 g/mol. The van der Waals surface area contributed by atoms with Gasteiger partial charge in [-0.05, 0) is 46.4 Å². The first kappa shape index (κ1) is 19.8. The Kier molecular flexibility index (Phi) is 5.84. The molecule has 0 saturated heterocycles. The fraction of sp³-hybridized carbons (Fsp3) is 0.250. The van der Waals surface area contributed by atoms with Crippen molar-refractivity contribution in [3.8, 4) is 0 Å². The van der Waals surface area contributed by atoms with Crippen LogP contribution in [0.3, 0.4) is 0 Å². The lowest BCUT2D eigenvalue weighted by Crippen LogP contribution is -2.24. The second-order valence-electron chi connectivity index (χ2n) is 6.70. The van der Waals surface area contributed by atoms with Gasteiger partial charge in [0.25, 0.3) is 0 Å². The number of hydrogen-bond donors (Lipinski definition) is 1. The molecule has 0 aliphatic heterocycles. The van der Waals surface area contributed by atoms with Crippen molar-refractivity contribution in [2.45, 2.75) is 26.3 Å². The molecule has 0 radical (unpaired) electrons. The van der Waals surface area contributed by atoms with Crippen molar-refractivity contribution in [1.29, 1.82) is 0 Å². The standard InChI is InChI=1S/C20H20N6O3S/c1-2-3-10-25(13-14-7-6-11-30-14)16-12-15(22-17-8-4-5-9-21-17)20(26(27)28)19-18(16)23-29-24-19/h4-9,11-12H,2-3,10,13H2,1H3,(H,21,22). The molecular weight excluding hydrogens is 404 g/mol. The van der Waals surface area contributed by atoms with Gasteiger partial charge in [0, 0.05) is 17.6 Å². The average Bonchev–Trinajstić information content (AvgIpc) is 3.43. The molecule has 3 aromatic heterocycles. The minimum absolute atomic E-state index is 0.114. The third-order valence-electron chi connectivity index (χ3n) is 4.65. The van der Waals surface area contributed by atoms with E-state index in [9.17, 15) is 10.1 Å². The number of hydrogen-bond acceptors (Lipinski definition) is 9. The highest BCUT2D eigenvalue weighted by Gasteiger charge is 2.28. The molecule has 9 nitrogen and oxygen atoms in total. The number of rotatable bonds is 9. The Labute approximate surface area is 176 Å². The molecule has 0 unspecified atom stereocenters. The SMILES string of the molecule is CCCCN(Cc1cccs1)c1cc(Nc2ccccn2)c([N+](=O)[O-])c2nonc12. The second-order valence-corrected chi connectivity index (χ2v) is 7.74. The highest BCUT2D eigenvalue weighted by Crippen LogP contribution is 2.40. The highest BCUT2D eigenvalue weighted by molar-refractivity contribution is 7.09. The smallest absolute Gasteiger partial charge is 0.324 e. The van der Waals surface area contributed by atoms with Gasteiger partial charge in [-0.3, -0.25) is 10.1 Å². The van der Waals surface area contributed by atoms with E-state index in [0.29, 0.717) is 23.6 Å². The van der Waals surface area contributed by atoms with Gasteiger partial charge < -0.3 is 10.2 Å². The molecule has 154 valence electrons. The summed E-state index contributed by atoms with van der Waals surface area (Å²) in [4.78, 5) is 19.0. The minimum atomic E-state index is -0.475.